The number of nitrogens with one attached hydrogen (secondary N) is 1. The van der Waals surface area contributed by atoms with Crippen molar-refractivity contribution < 1.29 is 0 Å². The van der Waals surface area contributed by atoms with E-state index in [0.29, 0.717) is 5.92 Å². The highest BCUT2D eigenvalue weighted by Gasteiger charge is 2.19. The van der Waals surface area contributed by atoms with Crippen LogP contribution in [0, 0.1) is 0 Å². The third kappa shape index (κ3) is 4.91. The monoisotopic (exact) mass is 280 g/mol. The molecule has 1 aromatic heterocycles. The molecule has 0 radical (unpaired) electrons. The summed E-state index contributed by atoms with van der Waals surface area (Å²) < 4.78 is 0. The van der Waals surface area contributed by atoms with Crippen molar-refractivity contribution in [2.75, 3.05) is 0 Å². The van der Waals surface area contributed by atoms with E-state index in [1.54, 1.807) is 0 Å². The maximum absolute atomic E-state index is 6.23. The van der Waals surface area contributed by atoms with Crippen LogP contribution < -0.4 is 11.9 Å². The zero-order chi connectivity index (χ0) is 13.5. The first-order chi connectivity index (χ1) is 9.31. The van der Waals surface area contributed by atoms with Gasteiger partial charge in [0.05, 0.1) is 11.7 Å². The highest BCUT2D eigenvalue weighted by molar-refractivity contribution is 5.10. The van der Waals surface area contributed by atoms with Gasteiger partial charge in [-0.2, -0.15) is 0 Å². The van der Waals surface area contributed by atoms with Crippen molar-refractivity contribution in [1.82, 2.24) is 16.1 Å². The predicted octanol–water partition coefficient (Wildman–Crippen LogP) is 4.59. The van der Waals surface area contributed by atoms with Crippen LogP contribution in [0.15, 0.2) is 6.20 Å². The summed E-state index contributed by atoms with van der Waals surface area (Å²) in [7, 11) is 0. The number of imidazole rings is 1. The van der Waals surface area contributed by atoms with Gasteiger partial charge in [0.25, 0.3) is 0 Å². The number of hydrogen-bond acceptors (Lipinski definition) is 3. The molecular formula is C16H32N4. The summed E-state index contributed by atoms with van der Waals surface area (Å²) in [6.45, 7) is 2.24. The van der Waals surface area contributed by atoms with Gasteiger partial charge in [-0.3, -0.25) is 0 Å². The molecule has 1 unspecified atom stereocenters. The fourth-order valence-electron chi connectivity index (χ4n) is 3.08. The molecule has 1 atom stereocenters. The minimum atomic E-state index is 0. The van der Waals surface area contributed by atoms with Crippen molar-refractivity contribution in [1.29, 1.82) is 0 Å². The Hall–Kier alpha value is -0.870. The number of hydrogen-bond donors (Lipinski definition) is 3. The molecule has 0 aromatic carbocycles. The summed E-state index contributed by atoms with van der Waals surface area (Å²) in [5, 5.41) is 0. The number of nitrogens with zero attached hydrogens (tertiary/aromatic N) is 1. The van der Waals surface area contributed by atoms with Crippen LogP contribution in [0.4, 0.5) is 0 Å². The number of aromatic amines is 1. The molecule has 1 fully saturated rings. The minimum absolute atomic E-state index is 0. The molecule has 4 heteroatoms. The average molecular weight is 280 g/mol. The van der Waals surface area contributed by atoms with E-state index in [0.717, 1.165) is 12.2 Å². The first-order valence-corrected chi connectivity index (χ1v) is 8.12. The van der Waals surface area contributed by atoms with Crippen LogP contribution in [0.5, 0.6) is 0 Å². The van der Waals surface area contributed by atoms with Gasteiger partial charge >= 0.3 is 0 Å². The van der Waals surface area contributed by atoms with Crippen LogP contribution in [0.25, 0.3) is 0 Å². The highest BCUT2D eigenvalue weighted by Crippen LogP contribution is 2.32. The van der Waals surface area contributed by atoms with Gasteiger partial charge in [0.2, 0.25) is 0 Å². The second-order valence-electron chi connectivity index (χ2n) is 6.00. The van der Waals surface area contributed by atoms with Gasteiger partial charge < -0.3 is 16.9 Å². The van der Waals surface area contributed by atoms with Gasteiger partial charge in [0.1, 0.15) is 5.82 Å². The van der Waals surface area contributed by atoms with Gasteiger partial charge in [0, 0.05) is 12.1 Å². The Morgan fingerprint density at radius 2 is 2.00 bits per heavy atom. The van der Waals surface area contributed by atoms with Crippen molar-refractivity contribution in [3.8, 4) is 0 Å². The molecule has 1 aliphatic carbocycles. The predicted molar refractivity (Wildman–Crippen MR) is 85.1 cm³/mol. The lowest BCUT2D eigenvalue weighted by atomic mass is 9.87. The molecule has 0 spiro atoms. The lowest BCUT2D eigenvalue weighted by Gasteiger charge is -2.19. The van der Waals surface area contributed by atoms with E-state index in [-0.39, 0.29) is 12.2 Å². The lowest BCUT2D eigenvalue weighted by molar-refractivity contribution is 0.436. The van der Waals surface area contributed by atoms with E-state index in [9.17, 15) is 0 Å². The molecule has 0 aliphatic heterocycles. The first-order valence-electron chi connectivity index (χ1n) is 8.12. The molecule has 116 valence electrons. The van der Waals surface area contributed by atoms with Crippen molar-refractivity contribution in [2.24, 2.45) is 5.73 Å². The fraction of sp³-hybridized carbons (Fsp3) is 0.812. The number of aromatic nitrogens is 2. The maximum atomic E-state index is 6.23. The highest BCUT2D eigenvalue weighted by atomic mass is 15.0. The zero-order valence-electron chi connectivity index (χ0n) is 13.0. The maximum Gasteiger partial charge on any atom is 0.123 e. The molecule has 6 N–H and O–H groups in total. The van der Waals surface area contributed by atoms with Gasteiger partial charge in [-0.25, -0.2) is 4.98 Å². The van der Waals surface area contributed by atoms with Gasteiger partial charge in [-0.15, -0.1) is 0 Å². The summed E-state index contributed by atoms with van der Waals surface area (Å²) in [6.07, 6.45) is 15.0. The number of nitrogens with two attached hydrogens (primary N) is 1. The van der Waals surface area contributed by atoms with E-state index in [1.807, 2.05) is 0 Å². The number of unbranched alkanes of at least 4 members (excludes halogenated alkanes) is 3. The largest absolute Gasteiger partial charge is 0.347 e. The van der Waals surface area contributed by atoms with Gasteiger partial charge in [-0.1, -0.05) is 51.9 Å². The zero-order valence-corrected chi connectivity index (χ0v) is 13.0. The Bertz CT molecular complexity index is 355. The number of H-pyrrole nitrogens is 1. The van der Waals surface area contributed by atoms with Crippen LogP contribution in [-0.4, -0.2) is 9.97 Å². The van der Waals surface area contributed by atoms with E-state index in [4.69, 9.17) is 10.7 Å². The van der Waals surface area contributed by atoms with Crippen LogP contribution in [0.2, 0.25) is 0 Å². The van der Waals surface area contributed by atoms with Crippen LogP contribution in [-0.2, 0) is 0 Å². The van der Waals surface area contributed by atoms with Gasteiger partial charge in [0.15, 0.2) is 0 Å². The Kier molecular flexibility index (Phi) is 7.85. The summed E-state index contributed by atoms with van der Waals surface area (Å²) in [4.78, 5) is 8.06. The van der Waals surface area contributed by atoms with Crippen LogP contribution in [0.3, 0.4) is 0 Å². The topological polar surface area (TPSA) is 89.7 Å². The van der Waals surface area contributed by atoms with E-state index in [1.165, 1.54) is 63.5 Å². The van der Waals surface area contributed by atoms with Crippen LogP contribution >= 0.6 is 0 Å². The Labute approximate surface area is 123 Å². The summed E-state index contributed by atoms with van der Waals surface area (Å²) in [5.41, 5.74) is 7.48. The van der Waals surface area contributed by atoms with E-state index >= 15 is 0 Å². The van der Waals surface area contributed by atoms with Crippen molar-refractivity contribution in [3.05, 3.63) is 17.7 Å². The average Bonchev–Trinajstić information content (AvgIpc) is 2.94. The number of rotatable bonds is 7. The smallest absolute Gasteiger partial charge is 0.123 e. The SMILES string of the molecule is CCCCCCC(N)c1nc(C2CCCCC2)c[nH]1.N. The van der Waals surface area contributed by atoms with Crippen molar-refractivity contribution >= 4 is 0 Å². The molecule has 1 aromatic rings. The summed E-state index contributed by atoms with van der Waals surface area (Å²) in [6, 6.07) is 0.0918. The summed E-state index contributed by atoms with van der Waals surface area (Å²) in [5.74, 6) is 1.67. The quantitative estimate of drug-likeness (QED) is 0.638. The standard InChI is InChI=1S/C16H29N3.H3N/c1-2-3-4-8-11-14(17)16-18-12-15(19-16)13-9-6-5-7-10-13;/h12-14H,2-11,17H2,1H3,(H,18,19);1H3. The third-order valence-corrected chi connectivity index (χ3v) is 4.36. The second-order valence-corrected chi connectivity index (χ2v) is 6.00. The Morgan fingerprint density at radius 3 is 2.70 bits per heavy atom. The van der Waals surface area contributed by atoms with E-state index < -0.39 is 0 Å². The fourth-order valence-corrected chi connectivity index (χ4v) is 3.08. The minimum Gasteiger partial charge on any atom is -0.347 e. The first kappa shape index (κ1) is 17.2. The molecule has 1 heterocycles. The molecule has 4 nitrogen and oxygen atoms in total. The molecule has 0 bridgehead atoms. The van der Waals surface area contributed by atoms with Crippen molar-refractivity contribution in [2.45, 2.75) is 83.1 Å². The summed E-state index contributed by atoms with van der Waals surface area (Å²) >= 11 is 0. The lowest BCUT2D eigenvalue weighted by Crippen LogP contribution is -2.12. The Balaban J connectivity index is 0.00000200. The normalized spacial score (nSPS) is 17.7. The van der Waals surface area contributed by atoms with Gasteiger partial charge in [-0.05, 0) is 19.3 Å². The van der Waals surface area contributed by atoms with Crippen molar-refractivity contribution in [3.63, 3.8) is 0 Å². The molecular weight excluding hydrogens is 248 g/mol. The molecule has 20 heavy (non-hydrogen) atoms. The Morgan fingerprint density at radius 1 is 1.25 bits per heavy atom. The molecule has 1 saturated carbocycles. The molecule has 0 saturated heterocycles. The third-order valence-electron chi connectivity index (χ3n) is 4.36. The molecule has 1 aliphatic rings. The molecule has 2 rings (SSSR count). The van der Waals surface area contributed by atoms with E-state index in [2.05, 4.69) is 18.1 Å². The molecule has 0 amide bonds. The van der Waals surface area contributed by atoms with Crippen LogP contribution in [0.1, 0.15) is 94.6 Å². The second kappa shape index (κ2) is 9.14.